The van der Waals surface area contributed by atoms with Gasteiger partial charge in [0.15, 0.2) is 11.5 Å². The fourth-order valence-electron chi connectivity index (χ4n) is 4.12. The van der Waals surface area contributed by atoms with Crippen LogP contribution in [0.2, 0.25) is 3.63 Å². The van der Waals surface area contributed by atoms with Gasteiger partial charge in [-0.05, 0) is 36.1 Å². The van der Waals surface area contributed by atoms with Gasteiger partial charge in [0.1, 0.15) is 0 Å². The summed E-state index contributed by atoms with van der Waals surface area (Å²) in [4.78, 5) is 0. The first-order valence-electron chi connectivity index (χ1n) is 13.3. The fraction of sp³-hybridized carbons (Fsp3) is 0.533. The Labute approximate surface area is 232 Å². The zero-order chi connectivity index (χ0) is 25.4. The summed E-state index contributed by atoms with van der Waals surface area (Å²) < 4.78 is 28.3. The van der Waals surface area contributed by atoms with Gasteiger partial charge in [-0.25, -0.2) is 0 Å². The third-order valence-corrected chi connectivity index (χ3v) is 8.02. The molecule has 195 valence electrons. The van der Waals surface area contributed by atoms with Crippen LogP contribution in [-0.4, -0.2) is 39.8 Å². The Morgan fingerprint density at radius 1 is 0.778 bits per heavy atom. The number of hydrogen-bond acceptors (Lipinski definition) is 5. The molecule has 0 spiro atoms. The predicted octanol–water partition coefficient (Wildman–Crippen LogP) is 6.81. The molecule has 6 heteroatoms. The van der Waals surface area contributed by atoms with Crippen LogP contribution >= 0.6 is 0 Å². The van der Waals surface area contributed by atoms with Gasteiger partial charge in [0.25, 0.3) is 0 Å². The number of ether oxygens (including phenoxy) is 5. The number of benzene rings is 1. The molecule has 0 saturated carbocycles. The summed E-state index contributed by atoms with van der Waals surface area (Å²) in [5, 5.41) is 0. The van der Waals surface area contributed by atoms with E-state index in [0.717, 1.165) is 47.4 Å². The molecule has 0 amide bonds. The third-order valence-electron chi connectivity index (χ3n) is 6.20. The molecule has 0 bridgehead atoms. The molecule has 1 aliphatic heterocycles. The maximum atomic E-state index is 5.75. The molecule has 2 aliphatic carbocycles. The minimum atomic E-state index is 0.305. The number of aryl methyl sites for hydroxylation is 1. The summed E-state index contributed by atoms with van der Waals surface area (Å²) in [6.45, 7) is 8.47. The summed E-state index contributed by atoms with van der Waals surface area (Å²) >= 11 is 1.63. The van der Waals surface area contributed by atoms with Crippen molar-refractivity contribution in [1.29, 1.82) is 0 Å². The molecular weight excluding hydrogens is 532 g/mol. The van der Waals surface area contributed by atoms with Gasteiger partial charge >= 0.3 is 88.8 Å². The molecule has 0 aromatic heterocycles. The first kappa shape index (κ1) is 29.1. The minimum absolute atomic E-state index is 0.305. The van der Waals surface area contributed by atoms with Crippen molar-refractivity contribution < 1.29 is 48.4 Å². The van der Waals surface area contributed by atoms with Gasteiger partial charge < -0.3 is 23.7 Å². The first-order valence-corrected chi connectivity index (χ1v) is 14.7. The van der Waals surface area contributed by atoms with Crippen molar-refractivity contribution in [2.75, 3.05) is 39.8 Å². The van der Waals surface area contributed by atoms with Crippen molar-refractivity contribution in [3.05, 3.63) is 70.9 Å². The number of hydrogen-bond donors (Lipinski definition) is 0. The Morgan fingerprint density at radius 3 is 1.92 bits per heavy atom. The number of allylic oxidation sites excluding steroid dienone is 8. The summed E-state index contributed by atoms with van der Waals surface area (Å²) in [6, 6.07) is 4.12. The van der Waals surface area contributed by atoms with Gasteiger partial charge in [0, 0.05) is 6.61 Å². The average Bonchev–Trinajstić information content (AvgIpc) is 3.68. The van der Waals surface area contributed by atoms with Crippen molar-refractivity contribution in [3.8, 4) is 11.5 Å². The quantitative estimate of drug-likeness (QED) is 0.216. The second kappa shape index (κ2) is 17.1. The Kier molecular flexibility index (Phi) is 13.8. The van der Waals surface area contributed by atoms with Crippen molar-refractivity contribution in [1.82, 2.24) is 0 Å². The van der Waals surface area contributed by atoms with Crippen LogP contribution in [0.1, 0.15) is 57.1 Å². The molecule has 5 nitrogen and oxygen atoms in total. The van der Waals surface area contributed by atoms with E-state index in [4.69, 9.17) is 23.7 Å². The molecule has 0 saturated heterocycles. The molecule has 0 fully saturated rings. The Hall–Kier alpha value is -1.46. The molecule has 3 aliphatic rings. The van der Waals surface area contributed by atoms with E-state index in [0.29, 0.717) is 39.8 Å². The van der Waals surface area contributed by atoms with Gasteiger partial charge in [-0.15, -0.1) is 0 Å². The summed E-state index contributed by atoms with van der Waals surface area (Å²) in [6.07, 6.45) is 20.1. The van der Waals surface area contributed by atoms with E-state index in [1.54, 1.807) is 35.9 Å². The molecule has 0 atom stereocenters. The Morgan fingerprint density at radius 2 is 1.36 bits per heavy atom. The molecule has 36 heavy (non-hydrogen) atoms. The fourth-order valence-corrected chi connectivity index (χ4v) is 5.18. The van der Waals surface area contributed by atoms with Crippen molar-refractivity contribution in [3.63, 3.8) is 0 Å². The summed E-state index contributed by atoms with van der Waals surface area (Å²) in [5.74, 6) is 1.66. The molecule has 1 heterocycles. The van der Waals surface area contributed by atoms with Crippen LogP contribution in [0.5, 0.6) is 11.5 Å². The van der Waals surface area contributed by atoms with E-state index in [2.05, 4.69) is 56.4 Å². The van der Waals surface area contributed by atoms with Gasteiger partial charge in [-0.2, -0.15) is 0 Å². The molecule has 1 aromatic rings. The van der Waals surface area contributed by atoms with Gasteiger partial charge in [0.05, 0.1) is 33.0 Å². The van der Waals surface area contributed by atoms with E-state index >= 15 is 0 Å². The van der Waals surface area contributed by atoms with Crippen LogP contribution in [0.15, 0.2) is 59.7 Å². The standard InChI is InChI=1S/C19H30O5.C11H11.Zr/c1-3-5-7-20-8-9-21-10-11-22-14-17-13-19-18(23-15-24-19)12-16(17)6-4-2;1-2-6-10(5-1)9-11-7-3-4-8-11;/h12-13H,3-11,14-15H2,1-2H3;1-5,7,9H,6,8H2;. The monoisotopic (exact) mass is 571 g/mol. The predicted molar refractivity (Wildman–Crippen MR) is 140 cm³/mol. The van der Waals surface area contributed by atoms with Crippen molar-refractivity contribution in [2.24, 2.45) is 0 Å². The van der Waals surface area contributed by atoms with Crippen LogP contribution in [-0.2, 0) is 52.0 Å². The van der Waals surface area contributed by atoms with E-state index < -0.39 is 0 Å². The average molecular weight is 573 g/mol. The SMILES string of the molecule is CCCCOCCOCCOCc1cc2c(cc1CCC)OCO2.[Zr][CH](C1=CC=CC1)C1=CC=CC1. The molecule has 4 rings (SSSR count). The van der Waals surface area contributed by atoms with Crippen LogP contribution in [0.4, 0.5) is 0 Å². The van der Waals surface area contributed by atoms with Crippen molar-refractivity contribution in [2.45, 2.75) is 62.6 Å². The Bertz CT molecular complexity index is 888. The van der Waals surface area contributed by atoms with Crippen LogP contribution in [0, 0.1) is 0 Å². The molecule has 0 unspecified atom stereocenters. The zero-order valence-corrected chi connectivity index (χ0v) is 24.4. The number of rotatable bonds is 15. The van der Waals surface area contributed by atoms with Gasteiger partial charge in [-0.3, -0.25) is 0 Å². The maximum absolute atomic E-state index is 5.75. The molecule has 1 aromatic carbocycles. The summed E-state index contributed by atoms with van der Waals surface area (Å²) in [5.41, 5.74) is 5.64. The Balaban J connectivity index is 0.000000249. The molecule has 0 N–H and O–H groups in total. The van der Waals surface area contributed by atoms with E-state index in [9.17, 15) is 0 Å². The van der Waals surface area contributed by atoms with E-state index in [1.165, 1.54) is 24.0 Å². The van der Waals surface area contributed by atoms with E-state index in [1.807, 2.05) is 6.07 Å². The second-order valence-corrected chi connectivity index (χ2v) is 10.5. The van der Waals surface area contributed by atoms with Gasteiger partial charge in [-0.1, -0.05) is 26.7 Å². The normalized spacial score (nSPS) is 15.3. The van der Waals surface area contributed by atoms with Crippen LogP contribution in [0.25, 0.3) is 0 Å². The first-order chi connectivity index (χ1) is 17.7. The zero-order valence-electron chi connectivity index (χ0n) is 21.9. The van der Waals surface area contributed by atoms with Gasteiger partial charge in [0.2, 0.25) is 6.79 Å². The van der Waals surface area contributed by atoms with Crippen LogP contribution < -0.4 is 9.47 Å². The topological polar surface area (TPSA) is 46.2 Å². The molecular formula is C30H41O5Zr. The van der Waals surface area contributed by atoms with Crippen LogP contribution in [0.3, 0.4) is 0 Å². The molecule has 0 radical (unpaired) electrons. The second-order valence-electron chi connectivity index (χ2n) is 9.04. The number of unbranched alkanes of at least 4 members (excludes halogenated alkanes) is 1. The van der Waals surface area contributed by atoms with E-state index in [-0.39, 0.29) is 0 Å². The summed E-state index contributed by atoms with van der Waals surface area (Å²) in [7, 11) is 0. The van der Waals surface area contributed by atoms with Crippen molar-refractivity contribution >= 4 is 0 Å². The third kappa shape index (κ3) is 9.78. The number of fused-ring (bicyclic) bond motifs is 1.